The Balaban J connectivity index is 2.08. The van der Waals surface area contributed by atoms with E-state index in [4.69, 9.17) is 23.2 Å². The molecule has 0 saturated heterocycles. The Bertz CT molecular complexity index is 722. The summed E-state index contributed by atoms with van der Waals surface area (Å²) in [6.07, 6.45) is 1.76. The standard InChI is InChI=1S/C14H11Cl2N3/c15-8-13-18-12-5-2-6-17-14(12)19(13)9-10-3-1-4-11(16)7-10/h1-7H,8-9H2. The summed E-state index contributed by atoms with van der Waals surface area (Å²) in [7, 11) is 0. The Labute approximate surface area is 120 Å². The zero-order valence-electron chi connectivity index (χ0n) is 10.1. The predicted octanol–water partition coefficient (Wildman–Crippen LogP) is 3.87. The van der Waals surface area contributed by atoms with Gasteiger partial charge in [0.15, 0.2) is 5.65 Å². The van der Waals surface area contributed by atoms with Crippen LogP contribution in [0.5, 0.6) is 0 Å². The van der Waals surface area contributed by atoms with Gasteiger partial charge >= 0.3 is 0 Å². The van der Waals surface area contributed by atoms with Gasteiger partial charge in [0.1, 0.15) is 11.3 Å². The molecule has 5 heteroatoms. The number of pyridine rings is 1. The second-order valence-corrected chi connectivity index (χ2v) is 4.93. The molecule has 0 aliphatic rings. The van der Waals surface area contributed by atoms with Crippen molar-refractivity contribution >= 4 is 34.4 Å². The molecule has 0 saturated carbocycles. The summed E-state index contributed by atoms with van der Waals surface area (Å²) in [5.41, 5.74) is 2.81. The van der Waals surface area contributed by atoms with E-state index >= 15 is 0 Å². The van der Waals surface area contributed by atoms with Gasteiger partial charge in [-0.15, -0.1) is 11.6 Å². The van der Waals surface area contributed by atoms with E-state index in [0.717, 1.165) is 27.6 Å². The van der Waals surface area contributed by atoms with Crippen LogP contribution < -0.4 is 0 Å². The summed E-state index contributed by atoms with van der Waals surface area (Å²) >= 11 is 12.0. The number of hydrogen-bond donors (Lipinski definition) is 0. The molecule has 0 amide bonds. The Hall–Kier alpha value is -1.58. The van der Waals surface area contributed by atoms with Crippen molar-refractivity contribution in [3.05, 3.63) is 59.0 Å². The molecule has 2 heterocycles. The van der Waals surface area contributed by atoms with Crippen LogP contribution in [0.1, 0.15) is 11.4 Å². The van der Waals surface area contributed by atoms with E-state index in [-0.39, 0.29) is 0 Å². The highest BCUT2D eigenvalue weighted by Crippen LogP contribution is 2.18. The number of benzene rings is 1. The lowest BCUT2D eigenvalue weighted by Crippen LogP contribution is -2.04. The van der Waals surface area contributed by atoms with E-state index in [1.165, 1.54) is 0 Å². The van der Waals surface area contributed by atoms with Crippen LogP contribution in [0.25, 0.3) is 11.2 Å². The molecule has 2 aromatic heterocycles. The summed E-state index contributed by atoms with van der Waals surface area (Å²) in [6, 6.07) is 11.6. The minimum absolute atomic E-state index is 0.358. The summed E-state index contributed by atoms with van der Waals surface area (Å²) in [5.74, 6) is 1.17. The Kier molecular flexibility index (Phi) is 3.40. The number of aromatic nitrogens is 3. The molecule has 0 aliphatic carbocycles. The van der Waals surface area contributed by atoms with E-state index < -0.39 is 0 Å². The van der Waals surface area contributed by atoms with Gasteiger partial charge in [0.2, 0.25) is 0 Å². The maximum Gasteiger partial charge on any atom is 0.160 e. The second-order valence-electron chi connectivity index (χ2n) is 4.22. The van der Waals surface area contributed by atoms with Crippen molar-refractivity contribution in [3.8, 4) is 0 Å². The predicted molar refractivity (Wildman–Crippen MR) is 77.6 cm³/mol. The zero-order valence-corrected chi connectivity index (χ0v) is 11.6. The fraction of sp³-hybridized carbons (Fsp3) is 0.143. The molecule has 0 unspecified atom stereocenters. The topological polar surface area (TPSA) is 30.7 Å². The molecule has 1 aromatic carbocycles. The Morgan fingerprint density at radius 1 is 1.16 bits per heavy atom. The van der Waals surface area contributed by atoms with Crippen molar-refractivity contribution in [1.29, 1.82) is 0 Å². The van der Waals surface area contributed by atoms with Crippen molar-refractivity contribution in [2.45, 2.75) is 12.4 Å². The smallest absolute Gasteiger partial charge is 0.160 e. The second kappa shape index (κ2) is 5.19. The van der Waals surface area contributed by atoms with Crippen LogP contribution >= 0.6 is 23.2 Å². The third-order valence-electron chi connectivity index (χ3n) is 2.93. The fourth-order valence-electron chi connectivity index (χ4n) is 2.09. The Morgan fingerprint density at radius 2 is 2.05 bits per heavy atom. The summed E-state index contributed by atoms with van der Waals surface area (Å²) in [4.78, 5) is 8.86. The maximum atomic E-state index is 6.01. The van der Waals surface area contributed by atoms with Gasteiger partial charge in [-0.1, -0.05) is 23.7 Å². The number of imidazole rings is 1. The highest BCUT2D eigenvalue weighted by Gasteiger charge is 2.11. The highest BCUT2D eigenvalue weighted by atomic mass is 35.5. The van der Waals surface area contributed by atoms with Crippen molar-refractivity contribution in [3.63, 3.8) is 0 Å². The first kappa shape index (κ1) is 12.5. The largest absolute Gasteiger partial charge is 0.307 e. The van der Waals surface area contributed by atoms with Gasteiger partial charge in [-0.25, -0.2) is 9.97 Å². The molecule has 3 aromatic rings. The molecule has 19 heavy (non-hydrogen) atoms. The number of hydrogen-bond acceptors (Lipinski definition) is 2. The number of rotatable bonds is 3. The quantitative estimate of drug-likeness (QED) is 0.686. The van der Waals surface area contributed by atoms with Gasteiger partial charge in [0.05, 0.1) is 12.4 Å². The monoisotopic (exact) mass is 291 g/mol. The van der Waals surface area contributed by atoms with Crippen LogP contribution in [0, 0.1) is 0 Å². The summed E-state index contributed by atoms with van der Waals surface area (Å²) < 4.78 is 2.02. The molecule has 3 rings (SSSR count). The van der Waals surface area contributed by atoms with Gasteiger partial charge < -0.3 is 4.57 Å². The molecule has 0 aliphatic heterocycles. The molecule has 0 fully saturated rings. The Morgan fingerprint density at radius 3 is 2.84 bits per heavy atom. The lowest BCUT2D eigenvalue weighted by molar-refractivity contribution is 0.770. The minimum Gasteiger partial charge on any atom is -0.307 e. The molecule has 0 atom stereocenters. The number of halogens is 2. The number of alkyl halides is 1. The number of nitrogens with zero attached hydrogens (tertiary/aromatic N) is 3. The van der Waals surface area contributed by atoms with Crippen LogP contribution in [0.15, 0.2) is 42.6 Å². The van der Waals surface area contributed by atoms with E-state index in [1.54, 1.807) is 6.20 Å². The van der Waals surface area contributed by atoms with Gasteiger partial charge in [0, 0.05) is 11.2 Å². The molecule has 0 spiro atoms. The first-order valence-electron chi connectivity index (χ1n) is 5.88. The lowest BCUT2D eigenvalue weighted by atomic mass is 10.2. The average molecular weight is 292 g/mol. The fourth-order valence-corrected chi connectivity index (χ4v) is 2.51. The average Bonchev–Trinajstić information content (AvgIpc) is 2.77. The van der Waals surface area contributed by atoms with Gasteiger partial charge in [0.25, 0.3) is 0 Å². The maximum absolute atomic E-state index is 6.01. The SMILES string of the molecule is ClCc1nc2cccnc2n1Cc1cccc(Cl)c1. The number of fused-ring (bicyclic) bond motifs is 1. The van der Waals surface area contributed by atoms with Crippen LogP contribution in [0.2, 0.25) is 5.02 Å². The van der Waals surface area contributed by atoms with Crippen LogP contribution in [0.4, 0.5) is 0 Å². The molecule has 0 N–H and O–H groups in total. The summed E-state index contributed by atoms with van der Waals surface area (Å²) in [6.45, 7) is 0.663. The van der Waals surface area contributed by atoms with E-state index in [9.17, 15) is 0 Å². The van der Waals surface area contributed by atoms with Crippen LogP contribution in [0.3, 0.4) is 0 Å². The third kappa shape index (κ3) is 2.44. The van der Waals surface area contributed by atoms with Crippen molar-refractivity contribution in [2.75, 3.05) is 0 Å². The lowest BCUT2D eigenvalue weighted by Gasteiger charge is -2.07. The van der Waals surface area contributed by atoms with Crippen molar-refractivity contribution in [1.82, 2.24) is 14.5 Å². The zero-order chi connectivity index (χ0) is 13.2. The van der Waals surface area contributed by atoms with E-state index in [2.05, 4.69) is 9.97 Å². The van der Waals surface area contributed by atoms with E-state index in [0.29, 0.717) is 12.4 Å². The van der Waals surface area contributed by atoms with Crippen LogP contribution in [-0.4, -0.2) is 14.5 Å². The molecular weight excluding hydrogens is 281 g/mol. The third-order valence-corrected chi connectivity index (χ3v) is 3.41. The van der Waals surface area contributed by atoms with Gasteiger partial charge in [-0.2, -0.15) is 0 Å². The molecule has 96 valence electrons. The highest BCUT2D eigenvalue weighted by molar-refractivity contribution is 6.30. The van der Waals surface area contributed by atoms with Gasteiger partial charge in [-0.3, -0.25) is 0 Å². The molecule has 3 nitrogen and oxygen atoms in total. The first-order chi connectivity index (χ1) is 9.28. The molecular formula is C14H11Cl2N3. The van der Waals surface area contributed by atoms with Crippen molar-refractivity contribution < 1.29 is 0 Å². The minimum atomic E-state index is 0.358. The van der Waals surface area contributed by atoms with Crippen LogP contribution in [-0.2, 0) is 12.4 Å². The molecule has 0 bridgehead atoms. The normalized spacial score (nSPS) is 11.1. The summed E-state index contributed by atoms with van der Waals surface area (Å²) in [5, 5.41) is 0.724. The van der Waals surface area contributed by atoms with Gasteiger partial charge in [-0.05, 0) is 29.8 Å². The van der Waals surface area contributed by atoms with Crippen molar-refractivity contribution in [2.24, 2.45) is 0 Å². The molecule has 0 radical (unpaired) electrons. The van der Waals surface area contributed by atoms with E-state index in [1.807, 2.05) is 41.0 Å². The first-order valence-corrected chi connectivity index (χ1v) is 6.80.